The first-order valence-corrected chi connectivity index (χ1v) is 4.95. The predicted molar refractivity (Wildman–Crippen MR) is 59.3 cm³/mol. The Morgan fingerprint density at radius 3 is 2.38 bits per heavy atom. The molecule has 0 aromatic heterocycles. The van der Waals surface area contributed by atoms with Gasteiger partial charge in [-0.05, 0) is 49.1 Å². The summed E-state index contributed by atoms with van der Waals surface area (Å²) in [4.78, 5) is 11.3. The van der Waals surface area contributed by atoms with Crippen molar-refractivity contribution in [3.8, 4) is 5.75 Å². The van der Waals surface area contributed by atoms with Crippen LogP contribution in [0.15, 0.2) is 6.07 Å². The van der Waals surface area contributed by atoms with Gasteiger partial charge in [0.25, 0.3) is 0 Å². The van der Waals surface area contributed by atoms with E-state index in [-0.39, 0.29) is 5.75 Å². The summed E-state index contributed by atoms with van der Waals surface area (Å²) in [5.74, 6) is -0.535. The van der Waals surface area contributed by atoms with Gasteiger partial charge in [0.1, 0.15) is 5.75 Å². The Morgan fingerprint density at radius 1 is 1.31 bits per heavy atom. The molecule has 0 spiro atoms. The van der Waals surface area contributed by atoms with E-state index in [4.69, 9.17) is 0 Å². The molecule has 0 radical (unpaired) electrons. The van der Waals surface area contributed by atoms with Gasteiger partial charge < -0.3 is 14.9 Å². The zero-order valence-electron chi connectivity index (χ0n) is 9.87. The molecule has 0 bridgehead atoms. The maximum Gasteiger partial charge on any atom is 0.339 e. The van der Waals surface area contributed by atoms with Crippen molar-refractivity contribution in [1.82, 2.24) is 0 Å². The van der Waals surface area contributed by atoms with Crippen LogP contribution in [-0.4, -0.2) is 23.3 Å². The van der Waals surface area contributed by atoms with Crippen molar-refractivity contribution in [2.75, 3.05) is 7.11 Å². The Balaban J connectivity index is 3.34. The zero-order valence-corrected chi connectivity index (χ0v) is 9.87. The van der Waals surface area contributed by atoms with Crippen LogP contribution < -0.4 is 0 Å². The van der Waals surface area contributed by atoms with E-state index in [1.54, 1.807) is 20.8 Å². The third-order valence-electron chi connectivity index (χ3n) is 2.83. The lowest BCUT2D eigenvalue weighted by molar-refractivity contribution is -0.150. The molecule has 16 heavy (non-hydrogen) atoms. The van der Waals surface area contributed by atoms with E-state index in [2.05, 4.69) is 4.74 Å². The van der Waals surface area contributed by atoms with Gasteiger partial charge in [0, 0.05) is 0 Å². The van der Waals surface area contributed by atoms with Crippen LogP contribution in [0.1, 0.15) is 28.4 Å². The van der Waals surface area contributed by atoms with Crippen LogP contribution in [0.2, 0.25) is 0 Å². The fraction of sp³-hybridized carbons (Fsp3) is 0.417. The summed E-state index contributed by atoms with van der Waals surface area (Å²) in [6, 6.07) is 1.53. The minimum atomic E-state index is -1.30. The molecule has 0 saturated carbocycles. The topological polar surface area (TPSA) is 66.8 Å². The summed E-state index contributed by atoms with van der Waals surface area (Å²) in [6.45, 7) is 5.22. The fourth-order valence-corrected chi connectivity index (χ4v) is 1.73. The van der Waals surface area contributed by atoms with Crippen LogP contribution in [0.5, 0.6) is 5.75 Å². The maximum absolute atomic E-state index is 11.3. The van der Waals surface area contributed by atoms with Crippen LogP contribution in [-0.2, 0) is 9.53 Å². The number of phenolic OH excluding ortho intramolecular Hbond substituents is 1. The van der Waals surface area contributed by atoms with E-state index in [1.165, 1.54) is 13.2 Å². The smallest absolute Gasteiger partial charge is 0.339 e. The van der Waals surface area contributed by atoms with Gasteiger partial charge in [0.05, 0.1) is 7.11 Å². The number of ether oxygens (including phenoxy) is 1. The second-order valence-corrected chi connectivity index (χ2v) is 3.80. The van der Waals surface area contributed by atoms with Crippen LogP contribution in [0, 0.1) is 20.8 Å². The molecule has 1 unspecified atom stereocenters. The maximum atomic E-state index is 11.3. The van der Waals surface area contributed by atoms with Crippen molar-refractivity contribution in [1.29, 1.82) is 0 Å². The molecule has 1 aromatic carbocycles. The molecule has 1 atom stereocenters. The van der Waals surface area contributed by atoms with E-state index in [1.807, 2.05) is 0 Å². The summed E-state index contributed by atoms with van der Waals surface area (Å²) >= 11 is 0. The van der Waals surface area contributed by atoms with E-state index in [9.17, 15) is 15.0 Å². The molecule has 0 aliphatic heterocycles. The average molecular weight is 224 g/mol. The molecule has 0 saturated heterocycles. The number of carbonyl (C=O) groups is 1. The number of aromatic hydroxyl groups is 1. The summed E-state index contributed by atoms with van der Waals surface area (Å²) < 4.78 is 4.50. The largest absolute Gasteiger partial charge is 0.508 e. The molecular formula is C12H16O4. The minimum absolute atomic E-state index is 0.163. The third-order valence-corrected chi connectivity index (χ3v) is 2.83. The molecule has 4 nitrogen and oxygen atoms in total. The molecule has 0 aliphatic carbocycles. The summed E-state index contributed by atoms with van der Waals surface area (Å²) in [5, 5.41) is 19.4. The van der Waals surface area contributed by atoms with Gasteiger partial charge in [-0.2, -0.15) is 0 Å². The molecule has 88 valence electrons. The number of esters is 1. The second kappa shape index (κ2) is 4.53. The van der Waals surface area contributed by atoms with Gasteiger partial charge in [0.2, 0.25) is 0 Å². The Labute approximate surface area is 94.5 Å². The van der Waals surface area contributed by atoms with Gasteiger partial charge in [-0.3, -0.25) is 0 Å². The highest BCUT2D eigenvalue weighted by molar-refractivity contribution is 5.77. The van der Waals surface area contributed by atoms with Gasteiger partial charge in [-0.25, -0.2) is 4.79 Å². The highest BCUT2D eigenvalue weighted by Crippen LogP contribution is 2.30. The molecule has 1 rings (SSSR count). The SMILES string of the molecule is COC(=O)C(O)c1c(C)cc(O)c(C)c1C. The molecule has 0 aliphatic rings. The summed E-state index contributed by atoms with van der Waals surface area (Å²) in [5.41, 5.74) is 2.53. The summed E-state index contributed by atoms with van der Waals surface area (Å²) in [6.07, 6.45) is -1.30. The van der Waals surface area contributed by atoms with Crippen molar-refractivity contribution in [3.63, 3.8) is 0 Å². The predicted octanol–water partition coefficient (Wildman–Crippen LogP) is 1.52. The van der Waals surface area contributed by atoms with Crippen molar-refractivity contribution in [3.05, 3.63) is 28.3 Å². The number of phenols is 1. The van der Waals surface area contributed by atoms with Gasteiger partial charge in [0.15, 0.2) is 6.10 Å². The van der Waals surface area contributed by atoms with Gasteiger partial charge in [-0.15, -0.1) is 0 Å². The van der Waals surface area contributed by atoms with Gasteiger partial charge >= 0.3 is 5.97 Å². The number of aliphatic hydroxyl groups is 1. The lowest BCUT2D eigenvalue weighted by Crippen LogP contribution is -2.16. The van der Waals surface area contributed by atoms with E-state index < -0.39 is 12.1 Å². The first-order chi connectivity index (χ1) is 7.40. The fourth-order valence-electron chi connectivity index (χ4n) is 1.73. The Kier molecular flexibility index (Phi) is 3.55. The molecule has 4 heteroatoms. The average Bonchev–Trinajstić information content (AvgIpc) is 2.24. The van der Waals surface area contributed by atoms with E-state index >= 15 is 0 Å². The number of carbonyl (C=O) groups excluding carboxylic acids is 1. The summed E-state index contributed by atoms with van der Waals surface area (Å²) in [7, 11) is 1.23. The second-order valence-electron chi connectivity index (χ2n) is 3.80. The number of aryl methyl sites for hydroxylation is 1. The zero-order chi connectivity index (χ0) is 12.5. The van der Waals surface area contributed by atoms with Crippen molar-refractivity contribution in [2.24, 2.45) is 0 Å². The van der Waals surface area contributed by atoms with E-state index in [0.29, 0.717) is 22.3 Å². The Hall–Kier alpha value is -1.55. The normalized spacial score (nSPS) is 12.3. The number of methoxy groups -OCH3 is 1. The standard InChI is InChI=1S/C12H16O4/c1-6-5-9(13)7(2)8(3)10(6)11(14)12(15)16-4/h5,11,13-14H,1-4H3. The first-order valence-electron chi connectivity index (χ1n) is 4.95. The van der Waals surface area contributed by atoms with Crippen molar-refractivity contribution < 1.29 is 19.7 Å². The monoisotopic (exact) mass is 224 g/mol. The first kappa shape index (κ1) is 12.5. The highest BCUT2D eigenvalue weighted by atomic mass is 16.5. The van der Waals surface area contributed by atoms with Gasteiger partial charge in [-0.1, -0.05) is 0 Å². The van der Waals surface area contributed by atoms with Crippen LogP contribution in [0.3, 0.4) is 0 Å². The number of aliphatic hydroxyl groups excluding tert-OH is 1. The van der Waals surface area contributed by atoms with Crippen molar-refractivity contribution >= 4 is 5.97 Å². The number of hydrogen-bond donors (Lipinski definition) is 2. The molecule has 0 fully saturated rings. The van der Waals surface area contributed by atoms with Crippen LogP contribution in [0.4, 0.5) is 0 Å². The minimum Gasteiger partial charge on any atom is -0.508 e. The molecule has 0 heterocycles. The van der Waals surface area contributed by atoms with Crippen molar-refractivity contribution in [2.45, 2.75) is 26.9 Å². The number of benzene rings is 1. The quantitative estimate of drug-likeness (QED) is 0.747. The molecular weight excluding hydrogens is 208 g/mol. The Bertz CT molecular complexity index is 424. The lowest BCUT2D eigenvalue weighted by atomic mass is 9.93. The number of hydrogen-bond acceptors (Lipinski definition) is 4. The molecule has 1 aromatic rings. The van der Waals surface area contributed by atoms with Crippen LogP contribution >= 0.6 is 0 Å². The lowest BCUT2D eigenvalue weighted by Gasteiger charge is -2.17. The third kappa shape index (κ3) is 2.02. The highest BCUT2D eigenvalue weighted by Gasteiger charge is 2.23. The molecule has 0 amide bonds. The Morgan fingerprint density at radius 2 is 1.88 bits per heavy atom. The van der Waals surface area contributed by atoms with E-state index in [0.717, 1.165) is 0 Å². The number of rotatable bonds is 2. The molecule has 2 N–H and O–H groups in total. The van der Waals surface area contributed by atoms with Crippen LogP contribution in [0.25, 0.3) is 0 Å².